The zero-order chi connectivity index (χ0) is 15.6. The maximum absolute atomic E-state index is 6.19. The highest BCUT2D eigenvalue weighted by molar-refractivity contribution is 6.34. The molecular formula is C17H17ClN4O. The van der Waals surface area contributed by atoms with Gasteiger partial charge in [0.25, 0.3) is 0 Å². The summed E-state index contributed by atoms with van der Waals surface area (Å²) in [5, 5.41) is 0.637. The lowest BCUT2D eigenvalue weighted by molar-refractivity contribution is 0.0342. The first-order valence-electron chi connectivity index (χ1n) is 7.69. The van der Waals surface area contributed by atoms with Crippen LogP contribution in [0.15, 0.2) is 36.5 Å². The van der Waals surface area contributed by atoms with E-state index in [0.29, 0.717) is 10.7 Å². The van der Waals surface area contributed by atoms with Gasteiger partial charge in [-0.3, -0.25) is 4.90 Å². The first-order chi connectivity index (χ1) is 11.3. The second kappa shape index (κ2) is 6.28. The molecule has 5 nitrogen and oxygen atoms in total. The van der Waals surface area contributed by atoms with Gasteiger partial charge in [0.05, 0.1) is 18.2 Å². The number of aromatic amines is 1. The molecule has 3 heterocycles. The fourth-order valence-electron chi connectivity index (χ4n) is 2.85. The molecule has 0 atom stereocenters. The minimum Gasteiger partial charge on any atom is -0.379 e. The van der Waals surface area contributed by atoms with Crippen LogP contribution in [0.4, 0.5) is 0 Å². The molecule has 1 aliphatic rings. The highest BCUT2D eigenvalue weighted by Crippen LogP contribution is 2.25. The van der Waals surface area contributed by atoms with Gasteiger partial charge in [0, 0.05) is 31.4 Å². The first-order valence-corrected chi connectivity index (χ1v) is 8.07. The van der Waals surface area contributed by atoms with E-state index in [1.807, 2.05) is 0 Å². The van der Waals surface area contributed by atoms with Crippen LogP contribution in [0.5, 0.6) is 0 Å². The summed E-state index contributed by atoms with van der Waals surface area (Å²) in [6, 6.07) is 10.2. The van der Waals surface area contributed by atoms with E-state index >= 15 is 0 Å². The average molecular weight is 329 g/mol. The molecule has 23 heavy (non-hydrogen) atoms. The average Bonchev–Trinajstić information content (AvgIpc) is 3.02. The van der Waals surface area contributed by atoms with Gasteiger partial charge in [0.1, 0.15) is 11.3 Å². The van der Waals surface area contributed by atoms with Crippen LogP contribution in [0.25, 0.3) is 22.6 Å². The number of nitrogens with one attached hydrogen (secondary N) is 1. The van der Waals surface area contributed by atoms with Crippen LogP contribution in [0.2, 0.25) is 5.02 Å². The van der Waals surface area contributed by atoms with E-state index < -0.39 is 0 Å². The summed E-state index contributed by atoms with van der Waals surface area (Å²) in [5.74, 6) is 0.796. The molecule has 1 aromatic carbocycles. The van der Waals surface area contributed by atoms with Crippen LogP contribution in [0, 0.1) is 0 Å². The molecule has 2 aromatic heterocycles. The van der Waals surface area contributed by atoms with E-state index in [1.54, 1.807) is 12.3 Å². The Morgan fingerprint density at radius 1 is 1.22 bits per heavy atom. The SMILES string of the molecule is Clc1ccnc2nc(-c3cccc(CN4CCOCC4)c3)[nH]c12. The number of fused-ring (bicyclic) bond motifs is 1. The Morgan fingerprint density at radius 3 is 2.91 bits per heavy atom. The van der Waals surface area contributed by atoms with E-state index in [4.69, 9.17) is 16.3 Å². The molecule has 3 aromatic rings. The van der Waals surface area contributed by atoms with E-state index in [0.717, 1.165) is 49.8 Å². The van der Waals surface area contributed by atoms with Crippen molar-refractivity contribution in [3.05, 3.63) is 47.1 Å². The van der Waals surface area contributed by atoms with Gasteiger partial charge >= 0.3 is 0 Å². The fourth-order valence-corrected chi connectivity index (χ4v) is 3.04. The smallest absolute Gasteiger partial charge is 0.179 e. The molecule has 118 valence electrons. The third kappa shape index (κ3) is 3.08. The number of H-pyrrole nitrogens is 1. The van der Waals surface area contributed by atoms with Crippen molar-refractivity contribution in [2.75, 3.05) is 26.3 Å². The molecule has 1 aliphatic heterocycles. The molecule has 4 rings (SSSR count). The third-order valence-corrected chi connectivity index (χ3v) is 4.37. The standard InChI is InChI=1S/C17H17ClN4O/c18-14-4-5-19-17-15(14)20-16(21-17)13-3-1-2-12(10-13)11-22-6-8-23-9-7-22/h1-5,10H,6-9,11H2,(H,19,20,21). The summed E-state index contributed by atoms with van der Waals surface area (Å²) >= 11 is 6.19. The largest absolute Gasteiger partial charge is 0.379 e. The number of halogens is 1. The van der Waals surface area contributed by atoms with Crippen LogP contribution in [0.1, 0.15) is 5.56 Å². The molecule has 1 saturated heterocycles. The van der Waals surface area contributed by atoms with Gasteiger partial charge in [0.2, 0.25) is 0 Å². The Hall–Kier alpha value is -1.95. The third-order valence-electron chi connectivity index (χ3n) is 4.05. The first kappa shape index (κ1) is 14.6. The van der Waals surface area contributed by atoms with Crippen molar-refractivity contribution in [1.29, 1.82) is 0 Å². The number of rotatable bonds is 3. The summed E-state index contributed by atoms with van der Waals surface area (Å²) < 4.78 is 5.40. The lowest BCUT2D eigenvalue weighted by Crippen LogP contribution is -2.35. The molecule has 0 spiro atoms. The Morgan fingerprint density at radius 2 is 2.09 bits per heavy atom. The zero-order valence-corrected chi connectivity index (χ0v) is 13.4. The predicted octanol–water partition coefficient (Wildman–Crippen LogP) is 3.11. The predicted molar refractivity (Wildman–Crippen MR) is 90.4 cm³/mol. The summed E-state index contributed by atoms with van der Waals surface area (Å²) in [6.45, 7) is 4.51. The van der Waals surface area contributed by atoms with Gasteiger partial charge in [0.15, 0.2) is 5.65 Å². The number of hydrogen-bond acceptors (Lipinski definition) is 4. The maximum Gasteiger partial charge on any atom is 0.179 e. The highest BCUT2D eigenvalue weighted by atomic mass is 35.5. The monoisotopic (exact) mass is 328 g/mol. The molecule has 6 heteroatoms. The van der Waals surface area contributed by atoms with Crippen LogP contribution in [0.3, 0.4) is 0 Å². The Bertz CT molecular complexity index is 826. The normalized spacial score (nSPS) is 16.0. The van der Waals surface area contributed by atoms with E-state index in [1.165, 1.54) is 5.56 Å². The Kier molecular flexibility index (Phi) is 3.99. The molecular weight excluding hydrogens is 312 g/mol. The van der Waals surface area contributed by atoms with E-state index in [2.05, 4.69) is 44.1 Å². The van der Waals surface area contributed by atoms with Gasteiger partial charge in [-0.15, -0.1) is 0 Å². The van der Waals surface area contributed by atoms with Crippen molar-refractivity contribution in [2.45, 2.75) is 6.54 Å². The van der Waals surface area contributed by atoms with Crippen molar-refractivity contribution in [3.63, 3.8) is 0 Å². The lowest BCUT2D eigenvalue weighted by atomic mass is 10.1. The van der Waals surface area contributed by atoms with Crippen molar-refractivity contribution < 1.29 is 4.74 Å². The second-order valence-corrected chi connectivity index (χ2v) is 6.07. The fraction of sp³-hybridized carbons (Fsp3) is 0.294. The van der Waals surface area contributed by atoms with Gasteiger partial charge in [-0.25, -0.2) is 9.97 Å². The van der Waals surface area contributed by atoms with Gasteiger partial charge in [-0.1, -0.05) is 29.8 Å². The van der Waals surface area contributed by atoms with Crippen molar-refractivity contribution in [2.24, 2.45) is 0 Å². The number of imidazole rings is 1. The topological polar surface area (TPSA) is 54.0 Å². The summed E-state index contributed by atoms with van der Waals surface area (Å²) in [7, 11) is 0. The summed E-state index contributed by atoms with van der Waals surface area (Å²) in [4.78, 5) is 14.5. The minimum atomic E-state index is 0.637. The van der Waals surface area contributed by atoms with Crippen molar-refractivity contribution in [3.8, 4) is 11.4 Å². The molecule has 0 unspecified atom stereocenters. The quantitative estimate of drug-likeness (QED) is 0.802. The van der Waals surface area contributed by atoms with Crippen LogP contribution < -0.4 is 0 Å². The number of ether oxygens (including phenoxy) is 1. The number of hydrogen-bond donors (Lipinski definition) is 1. The van der Waals surface area contributed by atoms with Gasteiger partial charge in [-0.2, -0.15) is 0 Å². The summed E-state index contributed by atoms with van der Waals surface area (Å²) in [6.07, 6.45) is 1.67. The minimum absolute atomic E-state index is 0.637. The number of morpholine rings is 1. The number of benzene rings is 1. The molecule has 1 fully saturated rings. The number of aromatic nitrogens is 3. The van der Waals surface area contributed by atoms with Crippen LogP contribution >= 0.6 is 11.6 Å². The van der Waals surface area contributed by atoms with Crippen LogP contribution in [-0.2, 0) is 11.3 Å². The molecule has 0 radical (unpaired) electrons. The molecule has 1 N–H and O–H groups in total. The van der Waals surface area contributed by atoms with Crippen molar-refractivity contribution >= 4 is 22.8 Å². The number of nitrogens with zero attached hydrogens (tertiary/aromatic N) is 3. The molecule has 0 bridgehead atoms. The van der Waals surface area contributed by atoms with Gasteiger partial charge < -0.3 is 9.72 Å². The molecule has 0 amide bonds. The Labute approximate surface area is 139 Å². The highest BCUT2D eigenvalue weighted by Gasteiger charge is 2.12. The maximum atomic E-state index is 6.19. The van der Waals surface area contributed by atoms with E-state index in [-0.39, 0.29) is 0 Å². The van der Waals surface area contributed by atoms with Crippen LogP contribution in [-0.4, -0.2) is 46.2 Å². The van der Waals surface area contributed by atoms with E-state index in [9.17, 15) is 0 Å². The summed E-state index contributed by atoms with van der Waals surface area (Å²) in [5.41, 5.74) is 3.74. The van der Waals surface area contributed by atoms with Crippen molar-refractivity contribution in [1.82, 2.24) is 19.9 Å². The Balaban J connectivity index is 1.62. The zero-order valence-electron chi connectivity index (χ0n) is 12.6. The van der Waals surface area contributed by atoms with Gasteiger partial charge in [-0.05, 0) is 17.7 Å². The number of pyridine rings is 1. The molecule has 0 saturated carbocycles. The molecule has 0 aliphatic carbocycles. The second-order valence-electron chi connectivity index (χ2n) is 5.67. The lowest BCUT2D eigenvalue weighted by Gasteiger charge is -2.26.